The number of hydrogen-bond donors (Lipinski definition) is 1. The first-order chi connectivity index (χ1) is 8.78. The predicted molar refractivity (Wildman–Crippen MR) is 67.3 cm³/mol. The van der Waals surface area contributed by atoms with Crippen LogP contribution in [-0.2, 0) is 10.0 Å². The molecule has 1 heterocycles. The highest BCUT2D eigenvalue weighted by molar-refractivity contribution is 7.91. The van der Waals surface area contributed by atoms with Crippen LogP contribution in [0.2, 0.25) is 0 Å². The summed E-state index contributed by atoms with van der Waals surface area (Å²) in [5.41, 5.74) is 4.32. The maximum Gasteiger partial charge on any atom is 0.361 e. The van der Waals surface area contributed by atoms with E-state index in [0.29, 0.717) is 3.97 Å². The molecule has 0 spiro atoms. The van der Waals surface area contributed by atoms with E-state index in [0.717, 1.165) is 12.3 Å². The molecule has 102 valence electrons. The van der Waals surface area contributed by atoms with E-state index in [2.05, 4.69) is 4.98 Å². The minimum atomic E-state index is -4.12. The van der Waals surface area contributed by atoms with Crippen LogP contribution in [0.3, 0.4) is 0 Å². The zero-order valence-electron chi connectivity index (χ0n) is 10.1. The summed E-state index contributed by atoms with van der Waals surface area (Å²) >= 11 is 0. The summed E-state index contributed by atoms with van der Waals surface area (Å²) < 4.78 is 37.3. The Labute approximate surface area is 109 Å². The summed E-state index contributed by atoms with van der Waals surface area (Å²) in [5, 5.41) is 0. The lowest BCUT2D eigenvalue weighted by Crippen LogP contribution is -2.43. The fourth-order valence-corrected chi connectivity index (χ4v) is 3.23. The first kappa shape index (κ1) is 13.5. The number of allylic oxidation sites excluding steroid dienone is 2. The van der Waals surface area contributed by atoms with Crippen LogP contribution in [0.25, 0.3) is 0 Å². The Hall–Kier alpha value is -1.96. The third-order valence-corrected chi connectivity index (χ3v) is 5.22. The van der Waals surface area contributed by atoms with E-state index in [4.69, 9.17) is 5.73 Å². The predicted octanol–water partition coefficient (Wildman–Crippen LogP) is 0.280. The van der Waals surface area contributed by atoms with Crippen LogP contribution in [-0.4, -0.2) is 22.1 Å². The van der Waals surface area contributed by atoms with Gasteiger partial charge in [0.15, 0.2) is 0 Å². The van der Waals surface area contributed by atoms with Gasteiger partial charge in [-0.25, -0.2) is 22.6 Å². The van der Waals surface area contributed by atoms with Gasteiger partial charge in [0.05, 0.1) is 5.70 Å². The normalized spacial score (nSPS) is 23.7. The fourth-order valence-electron chi connectivity index (χ4n) is 1.75. The Morgan fingerprint density at radius 1 is 1.53 bits per heavy atom. The fraction of sp³-hybridized carbons (Fsp3) is 0.273. The second-order valence-corrected chi connectivity index (χ2v) is 6.65. The van der Waals surface area contributed by atoms with Crippen molar-refractivity contribution in [2.45, 2.75) is 18.1 Å². The van der Waals surface area contributed by atoms with Crippen LogP contribution in [0.1, 0.15) is 13.3 Å². The maximum absolute atomic E-state index is 13.5. The van der Waals surface area contributed by atoms with Crippen molar-refractivity contribution in [2.75, 3.05) is 0 Å². The molecule has 0 fully saturated rings. The highest BCUT2D eigenvalue weighted by Crippen LogP contribution is 2.32. The van der Waals surface area contributed by atoms with Crippen molar-refractivity contribution < 1.29 is 12.8 Å². The average molecular weight is 285 g/mol. The van der Waals surface area contributed by atoms with Crippen LogP contribution in [0, 0.1) is 0 Å². The molecule has 0 aliphatic heterocycles. The molecule has 1 aromatic heterocycles. The quantitative estimate of drug-likeness (QED) is 0.842. The van der Waals surface area contributed by atoms with Gasteiger partial charge in [-0.2, -0.15) is 3.97 Å². The SMILES string of the molecule is CC1(S(=O)(=O)n2cccnc2=O)C=C(F)C(N)=CC1. The van der Waals surface area contributed by atoms with Crippen LogP contribution in [0.5, 0.6) is 0 Å². The third-order valence-electron chi connectivity index (χ3n) is 2.96. The number of nitrogens with two attached hydrogens (primary N) is 1. The standard InChI is InChI=1S/C11H12FN3O3S/c1-11(4-3-9(13)8(12)7-11)19(17,18)15-6-2-5-14-10(15)16/h2-3,5-7H,4,13H2,1H3. The molecule has 1 aromatic rings. The maximum atomic E-state index is 13.5. The molecule has 1 aliphatic rings. The number of nitrogens with zero attached hydrogens (tertiary/aromatic N) is 2. The van der Waals surface area contributed by atoms with Crippen LogP contribution < -0.4 is 11.4 Å². The van der Waals surface area contributed by atoms with Gasteiger partial charge < -0.3 is 5.73 Å². The molecular formula is C11H12FN3O3S. The van der Waals surface area contributed by atoms with Crippen molar-refractivity contribution in [3.63, 3.8) is 0 Å². The molecular weight excluding hydrogens is 273 g/mol. The zero-order chi connectivity index (χ0) is 14.3. The van der Waals surface area contributed by atoms with Crippen molar-refractivity contribution in [1.29, 1.82) is 0 Å². The number of rotatable bonds is 2. The summed E-state index contributed by atoms with van der Waals surface area (Å²) in [6.07, 6.45) is 4.45. The number of aromatic nitrogens is 2. The van der Waals surface area contributed by atoms with Gasteiger partial charge in [0.2, 0.25) is 0 Å². The first-order valence-electron chi connectivity index (χ1n) is 5.41. The number of halogens is 1. The molecule has 0 radical (unpaired) electrons. The van der Waals surface area contributed by atoms with Gasteiger partial charge in [0.1, 0.15) is 10.6 Å². The molecule has 1 aliphatic carbocycles. The summed E-state index contributed by atoms with van der Waals surface area (Å²) in [6.45, 7) is 1.32. The third kappa shape index (κ3) is 2.07. The zero-order valence-corrected chi connectivity index (χ0v) is 10.9. The molecule has 2 rings (SSSR count). The van der Waals surface area contributed by atoms with E-state index in [1.165, 1.54) is 25.3 Å². The van der Waals surface area contributed by atoms with Crippen molar-refractivity contribution >= 4 is 10.0 Å². The molecule has 6 nitrogen and oxygen atoms in total. The average Bonchev–Trinajstić information content (AvgIpc) is 2.34. The molecule has 0 saturated carbocycles. The molecule has 2 N–H and O–H groups in total. The molecule has 0 saturated heterocycles. The van der Waals surface area contributed by atoms with Gasteiger partial charge >= 0.3 is 5.69 Å². The molecule has 0 aromatic carbocycles. The largest absolute Gasteiger partial charge is 0.397 e. The second-order valence-electron chi connectivity index (χ2n) is 4.37. The summed E-state index contributed by atoms with van der Waals surface area (Å²) in [6, 6.07) is 1.31. The Balaban J connectivity index is 2.60. The Bertz CT molecular complexity index is 736. The molecule has 1 unspecified atom stereocenters. The molecule has 8 heteroatoms. The van der Waals surface area contributed by atoms with E-state index in [9.17, 15) is 17.6 Å². The Morgan fingerprint density at radius 3 is 2.79 bits per heavy atom. The van der Waals surface area contributed by atoms with Crippen molar-refractivity contribution in [1.82, 2.24) is 8.96 Å². The van der Waals surface area contributed by atoms with E-state index in [-0.39, 0.29) is 12.1 Å². The highest BCUT2D eigenvalue weighted by Gasteiger charge is 2.41. The Morgan fingerprint density at radius 2 is 2.21 bits per heavy atom. The summed E-state index contributed by atoms with van der Waals surface area (Å²) in [7, 11) is -4.12. The summed E-state index contributed by atoms with van der Waals surface area (Å²) in [4.78, 5) is 14.9. The molecule has 0 amide bonds. The highest BCUT2D eigenvalue weighted by atomic mass is 32.2. The topological polar surface area (TPSA) is 95.0 Å². The summed E-state index contributed by atoms with van der Waals surface area (Å²) in [5.74, 6) is -0.811. The monoisotopic (exact) mass is 285 g/mol. The van der Waals surface area contributed by atoms with E-state index >= 15 is 0 Å². The van der Waals surface area contributed by atoms with Crippen molar-refractivity contribution in [3.05, 3.63) is 52.6 Å². The molecule has 19 heavy (non-hydrogen) atoms. The lowest BCUT2D eigenvalue weighted by atomic mass is 10.00. The van der Waals surface area contributed by atoms with Gasteiger partial charge in [-0.15, -0.1) is 0 Å². The molecule has 1 atom stereocenters. The second kappa shape index (κ2) is 4.30. The van der Waals surface area contributed by atoms with Gasteiger partial charge in [-0.05, 0) is 25.5 Å². The van der Waals surface area contributed by atoms with Crippen molar-refractivity contribution in [3.8, 4) is 0 Å². The van der Waals surface area contributed by atoms with Crippen LogP contribution in [0.15, 0.2) is 46.9 Å². The van der Waals surface area contributed by atoms with Gasteiger partial charge in [0.25, 0.3) is 10.0 Å². The van der Waals surface area contributed by atoms with Gasteiger partial charge in [-0.1, -0.05) is 6.08 Å². The lowest BCUT2D eigenvalue weighted by Gasteiger charge is -2.27. The van der Waals surface area contributed by atoms with E-state index in [1.807, 2.05) is 0 Å². The van der Waals surface area contributed by atoms with E-state index < -0.39 is 26.3 Å². The smallest absolute Gasteiger partial charge is 0.361 e. The van der Waals surface area contributed by atoms with Gasteiger partial charge in [0, 0.05) is 12.4 Å². The van der Waals surface area contributed by atoms with E-state index in [1.54, 1.807) is 0 Å². The van der Waals surface area contributed by atoms with Crippen molar-refractivity contribution in [2.24, 2.45) is 5.73 Å². The Kier molecular flexibility index (Phi) is 3.05. The van der Waals surface area contributed by atoms with Gasteiger partial charge in [-0.3, -0.25) is 0 Å². The van der Waals surface area contributed by atoms with Crippen LogP contribution >= 0.6 is 0 Å². The minimum absolute atomic E-state index is 0.0179. The first-order valence-corrected chi connectivity index (χ1v) is 6.85. The minimum Gasteiger partial charge on any atom is -0.397 e. The number of hydrogen-bond acceptors (Lipinski definition) is 5. The van der Waals surface area contributed by atoms with Crippen LogP contribution in [0.4, 0.5) is 4.39 Å². The lowest BCUT2D eigenvalue weighted by molar-refractivity contribution is 0.537. The molecule has 0 bridgehead atoms.